The Hall–Kier alpha value is -3.79. The van der Waals surface area contributed by atoms with Gasteiger partial charge < -0.3 is 10.1 Å². The smallest absolute Gasteiger partial charge is 0.387 e. The highest BCUT2D eigenvalue weighted by Crippen LogP contribution is 2.28. The number of hydrogen-bond donors (Lipinski definition) is 1. The molecule has 174 valence electrons. The average molecular weight is 483 g/mol. The molecule has 1 amide bonds. The molecule has 0 aliphatic rings. The Bertz CT molecular complexity index is 1370. The molecule has 1 N–H and O–H groups in total. The van der Waals surface area contributed by atoms with E-state index in [-0.39, 0.29) is 23.5 Å². The van der Waals surface area contributed by atoms with Gasteiger partial charge in [-0.05, 0) is 42.8 Å². The van der Waals surface area contributed by atoms with Crippen LogP contribution in [0.5, 0.6) is 5.75 Å². The number of ether oxygens (including phenoxy) is 1. The van der Waals surface area contributed by atoms with Gasteiger partial charge in [0.1, 0.15) is 5.75 Å². The summed E-state index contributed by atoms with van der Waals surface area (Å²) in [6.07, 6.45) is 3.30. The van der Waals surface area contributed by atoms with Gasteiger partial charge in [-0.25, -0.2) is 4.98 Å². The number of fused-ring (bicyclic) bond motifs is 1. The fourth-order valence-corrected chi connectivity index (χ4v) is 4.17. The van der Waals surface area contributed by atoms with Gasteiger partial charge in [-0.2, -0.15) is 8.78 Å². The molecule has 1 atom stereocenters. The number of thioether (sulfide) groups is 1. The molecular formula is C24H20F2N4O3S. The van der Waals surface area contributed by atoms with E-state index >= 15 is 0 Å². The van der Waals surface area contributed by atoms with E-state index in [2.05, 4.69) is 20.0 Å². The standard InChI is InChI=1S/C24H20F2N4O3S/c1-15(21(31)28-19-10-4-5-11-20(19)33-23(25)26)34-24-29-18-9-3-2-8-17(18)22(32)30(24)14-16-7-6-12-27-13-16/h2-13,15,23H,14H2,1H3,(H,28,31). The highest BCUT2D eigenvalue weighted by Gasteiger charge is 2.21. The minimum absolute atomic E-state index is 0.125. The van der Waals surface area contributed by atoms with E-state index in [9.17, 15) is 18.4 Å². The molecule has 2 heterocycles. The van der Waals surface area contributed by atoms with Gasteiger partial charge in [-0.1, -0.05) is 42.1 Å². The number of aromatic nitrogens is 3. The van der Waals surface area contributed by atoms with Crippen molar-refractivity contribution in [1.29, 1.82) is 0 Å². The molecule has 0 bridgehead atoms. The first kappa shape index (κ1) is 23.4. The van der Waals surface area contributed by atoms with Crippen molar-refractivity contribution < 1.29 is 18.3 Å². The van der Waals surface area contributed by atoms with Crippen molar-refractivity contribution in [2.45, 2.75) is 30.5 Å². The number of nitrogens with one attached hydrogen (secondary N) is 1. The maximum Gasteiger partial charge on any atom is 0.387 e. The molecule has 0 aliphatic heterocycles. The predicted molar refractivity (Wildman–Crippen MR) is 126 cm³/mol. The van der Waals surface area contributed by atoms with Crippen LogP contribution in [-0.2, 0) is 11.3 Å². The van der Waals surface area contributed by atoms with E-state index in [1.54, 1.807) is 55.7 Å². The van der Waals surface area contributed by atoms with Crippen molar-refractivity contribution >= 4 is 34.3 Å². The van der Waals surface area contributed by atoms with Crippen molar-refractivity contribution in [3.8, 4) is 5.75 Å². The van der Waals surface area contributed by atoms with Crippen molar-refractivity contribution in [3.63, 3.8) is 0 Å². The van der Waals surface area contributed by atoms with Crippen LogP contribution in [0.15, 0.2) is 83.0 Å². The second kappa shape index (κ2) is 10.4. The van der Waals surface area contributed by atoms with Gasteiger partial charge in [0.15, 0.2) is 5.16 Å². The zero-order valence-corrected chi connectivity index (χ0v) is 18.8. The third-order valence-electron chi connectivity index (χ3n) is 4.90. The number of hydrogen-bond acceptors (Lipinski definition) is 6. The Morgan fingerprint density at radius 2 is 1.88 bits per heavy atom. The zero-order chi connectivity index (χ0) is 24.1. The minimum Gasteiger partial charge on any atom is -0.433 e. The van der Waals surface area contributed by atoms with Crippen LogP contribution in [0, 0.1) is 0 Å². The molecule has 1 unspecified atom stereocenters. The first-order valence-electron chi connectivity index (χ1n) is 10.3. The van der Waals surface area contributed by atoms with Crippen LogP contribution in [-0.4, -0.2) is 32.3 Å². The normalized spacial score (nSPS) is 12.0. The number of para-hydroxylation sites is 3. The fraction of sp³-hybridized carbons (Fsp3) is 0.167. The summed E-state index contributed by atoms with van der Waals surface area (Å²) in [5, 5.41) is 2.73. The van der Waals surface area contributed by atoms with Crippen LogP contribution in [0.3, 0.4) is 0 Å². The lowest BCUT2D eigenvalue weighted by atomic mass is 10.2. The first-order valence-corrected chi connectivity index (χ1v) is 11.2. The lowest BCUT2D eigenvalue weighted by Gasteiger charge is -2.17. The number of benzene rings is 2. The monoisotopic (exact) mass is 482 g/mol. The molecule has 7 nitrogen and oxygen atoms in total. The second-order valence-electron chi connectivity index (χ2n) is 7.29. The van der Waals surface area contributed by atoms with Crippen LogP contribution in [0.25, 0.3) is 10.9 Å². The third kappa shape index (κ3) is 5.40. The molecule has 10 heteroatoms. The van der Waals surface area contributed by atoms with Gasteiger partial charge in [0, 0.05) is 12.4 Å². The minimum atomic E-state index is -3.02. The molecule has 4 aromatic rings. The molecule has 0 spiro atoms. The molecule has 2 aromatic carbocycles. The lowest BCUT2D eigenvalue weighted by molar-refractivity contribution is -0.115. The number of pyridine rings is 1. The Morgan fingerprint density at radius 3 is 2.65 bits per heavy atom. The molecule has 0 radical (unpaired) electrons. The summed E-state index contributed by atoms with van der Waals surface area (Å²) in [6.45, 7) is -1.15. The maximum atomic E-state index is 13.2. The molecule has 4 rings (SSSR count). The Morgan fingerprint density at radius 1 is 1.12 bits per heavy atom. The Balaban J connectivity index is 1.63. The average Bonchev–Trinajstić information content (AvgIpc) is 2.83. The number of carbonyl (C=O) groups is 1. The molecule has 2 aromatic heterocycles. The number of alkyl halides is 2. The first-order chi connectivity index (χ1) is 16.4. The van der Waals surface area contributed by atoms with Crippen molar-refractivity contribution in [3.05, 3.63) is 89.0 Å². The SMILES string of the molecule is CC(Sc1nc2ccccc2c(=O)n1Cc1cccnc1)C(=O)Nc1ccccc1OC(F)F. The van der Waals surface area contributed by atoms with Gasteiger partial charge in [0.2, 0.25) is 5.91 Å². The molecule has 0 aliphatic carbocycles. The van der Waals surface area contributed by atoms with Gasteiger partial charge in [-0.15, -0.1) is 0 Å². The number of rotatable bonds is 8. The van der Waals surface area contributed by atoms with E-state index in [0.717, 1.165) is 17.3 Å². The van der Waals surface area contributed by atoms with Gasteiger partial charge in [0.25, 0.3) is 5.56 Å². The van der Waals surface area contributed by atoms with Crippen LogP contribution < -0.4 is 15.6 Å². The number of halogens is 2. The summed E-state index contributed by atoms with van der Waals surface area (Å²) in [4.78, 5) is 34.8. The zero-order valence-electron chi connectivity index (χ0n) is 18.0. The fourth-order valence-electron chi connectivity index (χ4n) is 3.27. The maximum absolute atomic E-state index is 13.2. The van der Waals surface area contributed by atoms with Crippen molar-refractivity contribution in [2.24, 2.45) is 0 Å². The van der Waals surface area contributed by atoms with Crippen LogP contribution in [0.1, 0.15) is 12.5 Å². The number of nitrogens with zero attached hydrogens (tertiary/aromatic N) is 3. The van der Waals surface area contributed by atoms with Crippen LogP contribution >= 0.6 is 11.8 Å². The van der Waals surface area contributed by atoms with Crippen molar-refractivity contribution in [2.75, 3.05) is 5.32 Å². The predicted octanol–water partition coefficient (Wildman–Crippen LogP) is 4.56. The van der Waals surface area contributed by atoms with E-state index < -0.39 is 17.8 Å². The van der Waals surface area contributed by atoms with E-state index in [4.69, 9.17) is 0 Å². The molecular weight excluding hydrogens is 462 g/mol. The summed E-state index contributed by atoms with van der Waals surface area (Å²) in [5.74, 6) is -0.592. The lowest BCUT2D eigenvalue weighted by Crippen LogP contribution is -2.27. The van der Waals surface area contributed by atoms with Gasteiger partial charge in [0.05, 0.1) is 28.4 Å². The summed E-state index contributed by atoms with van der Waals surface area (Å²) in [7, 11) is 0. The summed E-state index contributed by atoms with van der Waals surface area (Å²) >= 11 is 1.10. The number of amides is 1. The van der Waals surface area contributed by atoms with E-state index in [1.807, 2.05) is 6.07 Å². The summed E-state index contributed by atoms with van der Waals surface area (Å²) in [6, 6.07) is 16.6. The summed E-state index contributed by atoms with van der Waals surface area (Å²) < 4.78 is 31.4. The highest BCUT2D eigenvalue weighted by molar-refractivity contribution is 8.00. The number of anilines is 1. The second-order valence-corrected chi connectivity index (χ2v) is 8.60. The quantitative estimate of drug-likeness (QED) is 0.293. The van der Waals surface area contributed by atoms with Crippen LogP contribution in [0.2, 0.25) is 0 Å². The Labute approximate surface area is 197 Å². The molecule has 34 heavy (non-hydrogen) atoms. The largest absolute Gasteiger partial charge is 0.433 e. The molecule has 0 fully saturated rings. The molecule has 0 saturated carbocycles. The van der Waals surface area contributed by atoms with Crippen molar-refractivity contribution in [1.82, 2.24) is 14.5 Å². The van der Waals surface area contributed by atoms with E-state index in [1.165, 1.54) is 22.8 Å². The third-order valence-corrected chi connectivity index (χ3v) is 5.99. The van der Waals surface area contributed by atoms with Gasteiger partial charge >= 0.3 is 6.61 Å². The summed E-state index contributed by atoms with van der Waals surface area (Å²) in [5.41, 5.74) is 1.21. The van der Waals surface area contributed by atoms with E-state index in [0.29, 0.717) is 16.1 Å². The Kier molecular flexibility index (Phi) is 7.17. The molecule has 0 saturated heterocycles. The highest BCUT2D eigenvalue weighted by atomic mass is 32.2. The van der Waals surface area contributed by atoms with Crippen LogP contribution in [0.4, 0.5) is 14.5 Å². The van der Waals surface area contributed by atoms with Gasteiger partial charge in [-0.3, -0.25) is 19.1 Å². The number of carbonyl (C=O) groups excluding carboxylic acids is 1. The topological polar surface area (TPSA) is 86.1 Å².